The first-order valence-electron chi connectivity index (χ1n) is 12.4. The number of aryl methyl sites for hydroxylation is 1. The number of unbranched alkanes of at least 4 members (excludes halogenated alkanes) is 1. The number of benzene rings is 3. The molecule has 4 aromatic rings. The number of rotatable bonds is 9. The van der Waals surface area contributed by atoms with E-state index in [1.807, 2.05) is 85.5 Å². The molecule has 1 heterocycles. The molecule has 0 aliphatic carbocycles. The molecule has 0 saturated carbocycles. The van der Waals surface area contributed by atoms with Crippen molar-refractivity contribution < 1.29 is 4.79 Å². The largest absolute Gasteiger partial charge is 0.332 e. The van der Waals surface area contributed by atoms with Crippen LogP contribution in [-0.4, -0.2) is 26.9 Å². The van der Waals surface area contributed by atoms with Crippen LogP contribution in [-0.2, 0) is 11.2 Å². The van der Waals surface area contributed by atoms with Crippen molar-refractivity contribution >= 4 is 16.8 Å². The number of carbonyl (C=O) groups is 1. The lowest BCUT2D eigenvalue weighted by atomic mass is 10.1. The molecule has 35 heavy (non-hydrogen) atoms. The van der Waals surface area contributed by atoms with Crippen LogP contribution in [0.25, 0.3) is 16.6 Å². The van der Waals surface area contributed by atoms with Gasteiger partial charge in [-0.15, -0.1) is 0 Å². The van der Waals surface area contributed by atoms with Gasteiger partial charge in [0.15, 0.2) is 0 Å². The van der Waals surface area contributed by atoms with Gasteiger partial charge in [0.25, 0.3) is 5.56 Å². The zero-order valence-electron chi connectivity index (χ0n) is 20.8. The van der Waals surface area contributed by atoms with Crippen molar-refractivity contribution in [2.45, 2.75) is 52.5 Å². The Morgan fingerprint density at radius 1 is 1.00 bits per heavy atom. The Labute approximate surface area is 207 Å². The third-order valence-corrected chi connectivity index (χ3v) is 6.45. The van der Waals surface area contributed by atoms with Crippen LogP contribution in [0.2, 0.25) is 0 Å². The summed E-state index contributed by atoms with van der Waals surface area (Å²) in [6.07, 6.45) is 3.02. The minimum absolute atomic E-state index is 0.0912. The highest BCUT2D eigenvalue weighted by molar-refractivity contribution is 5.79. The minimum atomic E-state index is -0.374. The van der Waals surface area contributed by atoms with Crippen molar-refractivity contribution in [2.24, 2.45) is 0 Å². The summed E-state index contributed by atoms with van der Waals surface area (Å²) in [6, 6.07) is 25.1. The van der Waals surface area contributed by atoms with Gasteiger partial charge in [0.2, 0.25) is 5.91 Å². The molecule has 0 aliphatic rings. The number of amides is 1. The van der Waals surface area contributed by atoms with E-state index in [0.717, 1.165) is 30.5 Å². The molecule has 5 heteroatoms. The van der Waals surface area contributed by atoms with Gasteiger partial charge in [-0.2, -0.15) is 0 Å². The van der Waals surface area contributed by atoms with E-state index in [-0.39, 0.29) is 17.5 Å². The predicted molar refractivity (Wildman–Crippen MR) is 142 cm³/mol. The van der Waals surface area contributed by atoms with Crippen LogP contribution in [0.3, 0.4) is 0 Å². The van der Waals surface area contributed by atoms with Gasteiger partial charge in [0.1, 0.15) is 5.82 Å². The van der Waals surface area contributed by atoms with Crippen molar-refractivity contribution in [3.05, 3.63) is 106 Å². The molecule has 3 aromatic carbocycles. The SMILES string of the molecule is CCCCC(=O)N(CCc1ccccc1)C(C)c1nc2ccccc2c(=O)n1-c1cccc(C)c1. The second-order valence-electron chi connectivity index (χ2n) is 9.07. The Morgan fingerprint density at radius 2 is 1.74 bits per heavy atom. The van der Waals surface area contributed by atoms with Gasteiger partial charge in [-0.05, 0) is 62.1 Å². The fraction of sp³-hybridized carbons (Fsp3) is 0.300. The molecule has 1 aromatic heterocycles. The van der Waals surface area contributed by atoms with E-state index in [1.165, 1.54) is 5.56 Å². The second kappa shape index (κ2) is 11.1. The number of nitrogens with zero attached hydrogens (tertiary/aromatic N) is 3. The monoisotopic (exact) mass is 467 g/mol. The zero-order valence-corrected chi connectivity index (χ0v) is 20.8. The van der Waals surface area contributed by atoms with E-state index in [2.05, 4.69) is 19.1 Å². The second-order valence-corrected chi connectivity index (χ2v) is 9.07. The highest BCUT2D eigenvalue weighted by atomic mass is 16.2. The standard InChI is InChI=1S/C30H33N3O2/c1-4-5-18-28(34)32(20-19-24-13-7-6-8-14-24)23(3)29-31-27-17-10-9-16-26(27)30(35)33(29)25-15-11-12-22(2)21-25/h6-17,21,23H,4-5,18-20H2,1-3H3. The van der Waals surface area contributed by atoms with Crippen molar-refractivity contribution in [3.8, 4) is 5.69 Å². The van der Waals surface area contributed by atoms with E-state index in [1.54, 1.807) is 4.57 Å². The van der Waals surface area contributed by atoms with E-state index in [4.69, 9.17) is 4.98 Å². The summed E-state index contributed by atoms with van der Waals surface area (Å²) in [5.41, 5.74) is 3.52. The molecule has 0 radical (unpaired) electrons. The molecule has 0 N–H and O–H groups in total. The minimum Gasteiger partial charge on any atom is -0.332 e. The van der Waals surface area contributed by atoms with Crippen LogP contribution in [0.4, 0.5) is 0 Å². The third kappa shape index (κ3) is 5.51. The van der Waals surface area contributed by atoms with Gasteiger partial charge in [0, 0.05) is 13.0 Å². The first kappa shape index (κ1) is 24.4. The number of carbonyl (C=O) groups excluding carboxylic acids is 1. The van der Waals surface area contributed by atoms with Crippen LogP contribution in [0.15, 0.2) is 83.7 Å². The summed E-state index contributed by atoms with van der Waals surface area (Å²) < 4.78 is 1.68. The summed E-state index contributed by atoms with van der Waals surface area (Å²) in [4.78, 5) is 34.0. The van der Waals surface area contributed by atoms with E-state index >= 15 is 0 Å². The van der Waals surface area contributed by atoms with E-state index < -0.39 is 0 Å². The van der Waals surface area contributed by atoms with E-state index in [0.29, 0.717) is 29.7 Å². The molecule has 1 atom stereocenters. The Kier molecular flexibility index (Phi) is 7.76. The molecule has 0 aliphatic heterocycles. The van der Waals surface area contributed by atoms with Gasteiger partial charge < -0.3 is 4.90 Å². The number of hydrogen-bond donors (Lipinski definition) is 0. The lowest BCUT2D eigenvalue weighted by molar-refractivity contribution is -0.133. The van der Waals surface area contributed by atoms with Gasteiger partial charge >= 0.3 is 0 Å². The Bertz CT molecular complexity index is 1360. The molecule has 0 saturated heterocycles. The lowest BCUT2D eigenvalue weighted by Gasteiger charge is -2.31. The summed E-state index contributed by atoms with van der Waals surface area (Å²) >= 11 is 0. The van der Waals surface area contributed by atoms with Crippen LogP contribution in [0, 0.1) is 6.92 Å². The fourth-order valence-corrected chi connectivity index (χ4v) is 4.49. The zero-order chi connectivity index (χ0) is 24.8. The average molecular weight is 468 g/mol. The summed E-state index contributed by atoms with van der Waals surface area (Å²) in [7, 11) is 0. The van der Waals surface area contributed by atoms with Gasteiger partial charge in [0.05, 0.1) is 22.6 Å². The smallest absolute Gasteiger partial charge is 0.266 e. The van der Waals surface area contributed by atoms with Crippen molar-refractivity contribution in [2.75, 3.05) is 6.54 Å². The Hall–Kier alpha value is -3.73. The highest BCUT2D eigenvalue weighted by Gasteiger charge is 2.26. The maximum absolute atomic E-state index is 13.7. The van der Waals surface area contributed by atoms with Crippen molar-refractivity contribution in [1.82, 2.24) is 14.5 Å². The maximum Gasteiger partial charge on any atom is 0.266 e. The van der Waals surface area contributed by atoms with Crippen LogP contribution >= 0.6 is 0 Å². The first-order valence-corrected chi connectivity index (χ1v) is 12.4. The number of hydrogen-bond acceptors (Lipinski definition) is 3. The average Bonchev–Trinajstić information content (AvgIpc) is 2.88. The van der Waals surface area contributed by atoms with Gasteiger partial charge in [-0.25, -0.2) is 4.98 Å². The lowest BCUT2D eigenvalue weighted by Crippen LogP contribution is -2.38. The van der Waals surface area contributed by atoms with Gasteiger partial charge in [-0.3, -0.25) is 14.2 Å². The van der Waals surface area contributed by atoms with Crippen LogP contribution in [0.5, 0.6) is 0 Å². The van der Waals surface area contributed by atoms with E-state index in [9.17, 15) is 9.59 Å². The number of aromatic nitrogens is 2. The summed E-state index contributed by atoms with van der Waals surface area (Å²) in [6.45, 7) is 6.64. The molecule has 4 rings (SSSR count). The molecule has 0 fully saturated rings. The molecule has 5 nitrogen and oxygen atoms in total. The molecular weight excluding hydrogens is 434 g/mol. The summed E-state index contributed by atoms with van der Waals surface area (Å²) in [5.74, 6) is 0.672. The Morgan fingerprint density at radius 3 is 2.49 bits per heavy atom. The van der Waals surface area contributed by atoms with Crippen molar-refractivity contribution in [3.63, 3.8) is 0 Å². The fourth-order valence-electron chi connectivity index (χ4n) is 4.49. The maximum atomic E-state index is 13.7. The summed E-state index contributed by atoms with van der Waals surface area (Å²) in [5, 5.41) is 0.568. The third-order valence-electron chi connectivity index (χ3n) is 6.45. The molecule has 0 spiro atoms. The highest BCUT2D eigenvalue weighted by Crippen LogP contribution is 2.24. The van der Waals surface area contributed by atoms with Gasteiger partial charge in [-0.1, -0.05) is 67.9 Å². The molecular formula is C30H33N3O2. The predicted octanol–water partition coefficient (Wildman–Crippen LogP) is 6.02. The van der Waals surface area contributed by atoms with Crippen LogP contribution < -0.4 is 5.56 Å². The quantitative estimate of drug-likeness (QED) is 0.303. The topological polar surface area (TPSA) is 55.2 Å². The molecule has 0 bridgehead atoms. The molecule has 180 valence electrons. The molecule has 1 unspecified atom stereocenters. The number of fused-ring (bicyclic) bond motifs is 1. The van der Waals surface area contributed by atoms with Crippen LogP contribution in [0.1, 0.15) is 56.1 Å². The van der Waals surface area contributed by atoms with Crippen molar-refractivity contribution in [1.29, 1.82) is 0 Å². The first-order chi connectivity index (χ1) is 17.0. The molecule has 1 amide bonds. The Balaban J connectivity index is 1.82. The number of para-hydroxylation sites is 1. The normalized spacial score (nSPS) is 12.0.